The highest BCUT2D eigenvalue weighted by molar-refractivity contribution is 7.99. The minimum absolute atomic E-state index is 0.309. The standard InChI is InChI=1S/C16H12Cl2N4OS/c1-22-9-19-21-16(22)24-12-5-3-11(4-6-12)20-15(23)13-8-10(17)2-7-14(13)18/h2-9H,1H3,(H,20,23). The van der Waals surface area contributed by atoms with E-state index < -0.39 is 0 Å². The molecular formula is C16H12Cl2N4OS. The normalized spacial score (nSPS) is 10.6. The molecule has 0 fully saturated rings. The number of amides is 1. The fraction of sp³-hybridized carbons (Fsp3) is 0.0625. The lowest BCUT2D eigenvalue weighted by molar-refractivity contribution is 0.102. The van der Waals surface area contributed by atoms with Crippen molar-refractivity contribution in [3.8, 4) is 0 Å². The number of nitrogens with one attached hydrogen (secondary N) is 1. The van der Waals surface area contributed by atoms with Gasteiger partial charge in [-0.2, -0.15) is 0 Å². The van der Waals surface area contributed by atoms with Crippen LogP contribution in [0.2, 0.25) is 10.0 Å². The van der Waals surface area contributed by atoms with Gasteiger partial charge >= 0.3 is 0 Å². The van der Waals surface area contributed by atoms with E-state index in [1.807, 2.05) is 35.9 Å². The number of halogens is 2. The van der Waals surface area contributed by atoms with Crippen LogP contribution < -0.4 is 5.32 Å². The number of benzene rings is 2. The molecule has 0 saturated heterocycles. The van der Waals surface area contributed by atoms with Crippen LogP contribution in [-0.4, -0.2) is 20.7 Å². The van der Waals surface area contributed by atoms with Gasteiger partial charge in [0.2, 0.25) is 0 Å². The molecule has 1 heterocycles. The minimum Gasteiger partial charge on any atom is -0.322 e. The molecule has 0 bridgehead atoms. The van der Waals surface area contributed by atoms with Crippen LogP contribution in [-0.2, 0) is 7.05 Å². The summed E-state index contributed by atoms with van der Waals surface area (Å²) >= 11 is 13.4. The van der Waals surface area contributed by atoms with Gasteiger partial charge in [-0.1, -0.05) is 23.2 Å². The first-order chi connectivity index (χ1) is 11.5. The Morgan fingerprint density at radius 3 is 2.58 bits per heavy atom. The molecule has 1 amide bonds. The van der Waals surface area contributed by atoms with Crippen LogP contribution in [0, 0.1) is 0 Å². The summed E-state index contributed by atoms with van der Waals surface area (Å²) in [5, 5.41) is 12.3. The van der Waals surface area contributed by atoms with E-state index in [9.17, 15) is 4.79 Å². The van der Waals surface area contributed by atoms with E-state index in [-0.39, 0.29) is 5.91 Å². The van der Waals surface area contributed by atoms with E-state index in [2.05, 4.69) is 15.5 Å². The first-order valence-corrected chi connectivity index (χ1v) is 8.48. The molecule has 0 aliphatic heterocycles. The van der Waals surface area contributed by atoms with Crippen molar-refractivity contribution >= 4 is 46.6 Å². The zero-order chi connectivity index (χ0) is 17.1. The smallest absolute Gasteiger partial charge is 0.257 e. The van der Waals surface area contributed by atoms with Gasteiger partial charge in [0.05, 0.1) is 10.6 Å². The van der Waals surface area contributed by atoms with Crippen molar-refractivity contribution in [2.45, 2.75) is 10.1 Å². The highest BCUT2D eigenvalue weighted by Gasteiger charge is 2.11. The average molecular weight is 379 g/mol. The predicted octanol–water partition coefficient (Wildman–Crippen LogP) is 4.53. The van der Waals surface area contributed by atoms with Crippen molar-refractivity contribution in [3.63, 3.8) is 0 Å². The third-order valence-corrected chi connectivity index (χ3v) is 4.79. The van der Waals surface area contributed by atoms with Crippen LogP contribution in [0.1, 0.15) is 10.4 Å². The molecule has 0 saturated carbocycles. The second kappa shape index (κ2) is 7.25. The maximum absolute atomic E-state index is 12.3. The van der Waals surface area contributed by atoms with Gasteiger partial charge in [0, 0.05) is 22.7 Å². The number of aryl methyl sites for hydroxylation is 1. The molecule has 24 heavy (non-hydrogen) atoms. The third kappa shape index (κ3) is 3.90. The molecular weight excluding hydrogens is 367 g/mol. The molecule has 0 atom stereocenters. The largest absolute Gasteiger partial charge is 0.322 e. The fourth-order valence-corrected chi connectivity index (χ4v) is 3.08. The zero-order valence-electron chi connectivity index (χ0n) is 12.5. The zero-order valence-corrected chi connectivity index (χ0v) is 14.9. The lowest BCUT2D eigenvalue weighted by Crippen LogP contribution is -2.12. The van der Waals surface area contributed by atoms with Crippen molar-refractivity contribution in [1.29, 1.82) is 0 Å². The van der Waals surface area contributed by atoms with Crippen molar-refractivity contribution < 1.29 is 4.79 Å². The molecule has 2 aromatic carbocycles. The van der Waals surface area contributed by atoms with E-state index in [0.717, 1.165) is 10.1 Å². The molecule has 1 aromatic heterocycles. The summed E-state index contributed by atoms with van der Waals surface area (Å²) in [6.07, 6.45) is 1.64. The third-order valence-electron chi connectivity index (χ3n) is 3.16. The lowest BCUT2D eigenvalue weighted by Gasteiger charge is -2.08. The predicted molar refractivity (Wildman–Crippen MR) is 96.0 cm³/mol. The van der Waals surface area contributed by atoms with E-state index >= 15 is 0 Å². The van der Waals surface area contributed by atoms with Crippen LogP contribution in [0.25, 0.3) is 0 Å². The molecule has 3 rings (SSSR count). The first-order valence-electron chi connectivity index (χ1n) is 6.91. The van der Waals surface area contributed by atoms with Crippen LogP contribution in [0.4, 0.5) is 5.69 Å². The molecule has 0 spiro atoms. The monoisotopic (exact) mass is 378 g/mol. The van der Waals surface area contributed by atoms with Crippen LogP contribution in [0.15, 0.2) is 58.8 Å². The van der Waals surface area contributed by atoms with Crippen LogP contribution in [0.3, 0.4) is 0 Å². The van der Waals surface area contributed by atoms with Crippen molar-refractivity contribution in [3.05, 3.63) is 64.4 Å². The molecule has 1 N–H and O–H groups in total. The van der Waals surface area contributed by atoms with E-state index in [1.54, 1.807) is 18.5 Å². The summed E-state index contributed by atoms with van der Waals surface area (Å²) in [6.45, 7) is 0. The summed E-state index contributed by atoms with van der Waals surface area (Å²) in [6, 6.07) is 12.2. The quantitative estimate of drug-likeness (QED) is 0.724. The first kappa shape index (κ1) is 16.8. The molecule has 0 unspecified atom stereocenters. The van der Waals surface area contributed by atoms with E-state index in [0.29, 0.717) is 21.3 Å². The highest BCUT2D eigenvalue weighted by atomic mass is 35.5. The SMILES string of the molecule is Cn1cnnc1Sc1ccc(NC(=O)c2cc(Cl)ccc2Cl)cc1. The number of hydrogen-bond donors (Lipinski definition) is 1. The highest BCUT2D eigenvalue weighted by Crippen LogP contribution is 2.27. The number of carbonyl (C=O) groups is 1. The Hall–Kier alpha value is -2.02. The number of anilines is 1. The summed E-state index contributed by atoms with van der Waals surface area (Å²) < 4.78 is 1.83. The van der Waals surface area contributed by atoms with Gasteiger partial charge in [0.25, 0.3) is 5.91 Å². The number of rotatable bonds is 4. The van der Waals surface area contributed by atoms with Gasteiger partial charge in [0.1, 0.15) is 6.33 Å². The lowest BCUT2D eigenvalue weighted by atomic mass is 10.2. The van der Waals surface area contributed by atoms with Gasteiger partial charge in [-0.25, -0.2) is 0 Å². The van der Waals surface area contributed by atoms with Crippen molar-refractivity contribution in [1.82, 2.24) is 14.8 Å². The average Bonchev–Trinajstić information content (AvgIpc) is 2.96. The Morgan fingerprint density at radius 1 is 1.17 bits per heavy atom. The second-order valence-corrected chi connectivity index (χ2v) is 6.81. The topological polar surface area (TPSA) is 59.8 Å². The molecule has 0 aliphatic rings. The van der Waals surface area contributed by atoms with Gasteiger partial charge in [0.15, 0.2) is 5.16 Å². The van der Waals surface area contributed by atoms with Gasteiger partial charge in [-0.3, -0.25) is 4.79 Å². The van der Waals surface area contributed by atoms with Crippen LogP contribution >= 0.6 is 35.0 Å². The summed E-state index contributed by atoms with van der Waals surface area (Å²) in [7, 11) is 1.88. The number of carbonyl (C=O) groups excluding carboxylic acids is 1. The van der Waals surface area contributed by atoms with Gasteiger partial charge in [-0.15, -0.1) is 10.2 Å². The van der Waals surface area contributed by atoms with E-state index in [1.165, 1.54) is 17.8 Å². The Labute approximate surface area is 153 Å². The second-order valence-electron chi connectivity index (χ2n) is 4.93. The Morgan fingerprint density at radius 2 is 1.92 bits per heavy atom. The van der Waals surface area contributed by atoms with Crippen molar-refractivity contribution in [2.75, 3.05) is 5.32 Å². The number of hydrogen-bond acceptors (Lipinski definition) is 4. The molecule has 0 radical (unpaired) electrons. The summed E-state index contributed by atoms with van der Waals surface area (Å²) in [5.41, 5.74) is 1.00. The van der Waals surface area contributed by atoms with Gasteiger partial charge in [-0.05, 0) is 54.2 Å². The maximum Gasteiger partial charge on any atom is 0.257 e. The number of nitrogens with zero attached hydrogens (tertiary/aromatic N) is 3. The Bertz CT molecular complexity index is 880. The molecule has 5 nitrogen and oxygen atoms in total. The molecule has 3 aromatic rings. The molecule has 122 valence electrons. The van der Waals surface area contributed by atoms with E-state index in [4.69, 9.17) is 23.2 Å². The Balaban J connectivity index is 1.71. The summed E-state index contributed by atoms with van der Waals surface area (Å²) in [4.78, 5) is 13.3. The van der Waals surface area contributed by atoms with Crippen molar-refractivity contribution in [2.24, 2.45) is 7.05 Å². The number of aromatic nitrogens is 3. The van der Waals surface area contributed by atoms with Gasteiger partial charge < -0.3 is 9.88 Å². The molecule has 0 aliphatic carbocycles. The Kier molecular flexibility index (Phi) is 5.08. The fourth-order valence-electron chi connectivity index (χ4n) is 1.95. The molecule has 8 heteroatoms. The summed E-state index contributed by atoms with van der Waals surface area (Å²) in [5.74, 6) is -0.309. The van der Waals surface area contributed by atoms with Crippen LogP contribution in [0.5, 0.6) is 0 Å². The maximum atomic E-state index is 12.3. The minimum atomic E-state index is -0.309.